The predicted molar refractivity (Wildman–Crippen MR) is 69.9 cm³/mol. The summed E-state index contributed by atoms with van der Waals surface area (Å²) in [5.41, 5.74) is -0.895. The summed E-state index contributed by atoms with van der Waals surface area (Å²) >= 11 is 0. The molecule has 0 aliphatic carbocycles. The molecule has 1 atom stereocenters. The highest BCUT2D eigenvalue weighted by atomic mass is 19.4. The molecule has 0 spiro atoms. The van der Waals surface area contributed by atoms with Crippen molar-refractivity contribution in [3.05, 3.63) is 0 Å². The van der Waals surface area contributed by atoms with Gasteiger partial charge in [0.2, 0.25) is 0 Å². The largest absolute Gasteiger partial charge is 0.481 e. The monoisotopic (exact) mass is 310 g/mol. The van der Waals surface area contributed by atoms with Gasteiger partial charge in [0.05, 0.1) is 5.41 Å². The third-order valence-electron chi connectivity index (χ3n) is 3.93. The number of unbranched alkanes of at least 4 members (excludes halogenated alkanes) is 1. The van der Waals surface area contributed by atoms with Crippen LogP contribution in [0.1, 0.15) is 39.0 Å². The minimum Gasteiger partial charge on any atom is -0.481 e. The van der Waals surface area contributed by atoms with Gasteiger partial charge in [0.15, 0.2) is 0 Å². The lowest BCUT2D eigenvalue weighted by Gasteiger charge is -2.23. The van der Waals surface area contributed by atoms with Crippen LogP contribution < -0.4 is 5.32 Å². The number of carboxylic acids is 1. The van der Waals surface area contributed by atoms with Gasteiger partial charge in [0, 0.05) is 26.1 Å². The summed E-state index contributed by atoms with van der Waals surface area (Å²) in [6, 6.07) is -0.404. The van der Waals surface area contributed by atoms with E-state index in [-0.39, 0.29) is 25.9 Å². The summed E-state index contributed by atoms with van der Waals surface area (Å²) in [6.07, 6.45) is -3.96. The third kappa shape index (κ3) is 5.09. The number of nitrogens with zero attached hydrogens (tertiary/aromatic N) is 1. The molecule has 0 saturated carbocycles. The van der Waals surface area contributed by atoms with E-state index in [4.69, 9.17) is 0 Å². The van der Waals surface area contributed by atoms with Gasteiger partial charge in [-0.15, -0.1) is 0 Å². The zero-order valence-electron chi connectivity index (χ0n) is 12.0. The van der Waals surface area contributed by atoms with Crippen molar-refractivity contribution >= 4 is 12.0 Å². The number of halogens is 3. The molecule has 0 aromatic rings. The third-order valence-corrected chi connectivity index (χ3v) is 3.93. The minimum atomic E-state index is -4.17. The molecule has 0 aromatic carbocycles. The van der Waals surface area contributed by atoms with Crippen LogP contribution in [-0.4, -0.2) is 47.8 Å². The Balaban J connectivity index is 2.30. The number of alkyl halides is 3. The number of carbonyl (C=O) groups is 2. The molecule has 1 heterocycles. The molecule has 0 bridgehead atoms. The Kier molecular flexibility index (Phi) is 5.86. The number of aliphatic carboxylic acids is 1. The fourth-order valence-electron chi connectivity index (χ4n) is 2.42. The maximum atomic E-state index is 11.9. The molecule has 2 amide bonds. The van der Waals surface area contributed by atoms with Crippen LogP contribution >= 0.6 is 0 Å². The molecule has 1 aliphatic heterocycles. The predicted octanol–water partition coefficient (Wildman–Crippen LogP) is 2.62. The zero-order chi connectivity index (χ0) is 16.1. The zero-order valence-corrected chi connectivity index (χ0v) is 12.0. The van der Waals surface area contributed by atoms with E-state index in [0.29, 0.717) is 19.4 Å². The molecule has 0 radical (unpaired) electrons. The number of urea groups is 1. The van der Waals surface area contributed by atoms with E-state index in [1.165, 1.54) is 4.90 Å². The van der Waals surface area contributed by atoms with Crippen molar-refractivity contribution in [2.45, 2.75) is 45.2 Å². The van der Waals surface area contributed by atoms with Crippen molar-refractivity contribution in [3.8, 4) is 0 Å². The van der Waals surface area contributed by atoms with Crippen LogP contribution in [0.15, 0.2) is 0 Å². The highest BCUT2D eigenvalue weighted by Crippen LogP contribution is 2.34. The number of likely N-dealkylation sites (tertiary alicyclic amines) is 1. The minimum absolute atomic E-state index is 0.0300. The Hall–Kier alpha value is -1.47. The maximum Gasteiger partial charge on any atom is 0.389 e. The SMILES string of the molecule is CCC1(C(=O)O)CCN(C(=O)NCCCCC(F)(F)F)C1. The van der Waals surface area contributed by atoms with Crippen molar-refractivity contribution in [1.29, 1.82) is 0 Å². The van der Waals surface area contributed by atoms with Crippen LogP contribution in [0.5, 0.6) is 0 Å². The topological polar surface area (TPSA) is 69.6 Å². The van der Waals surface area contributed by atoms with Crippen molar-refractivity contribution in [2.75, 3.05) is 19.6 Å². The molecular formula is C13H21F3N2O3. The second kappa shape index (κ2) is 7.00. The first-order chi connectivity index (χ1) is 9.70. The molecule has 1 aliphatic rings. The van der Waals surface area contributed by atoms with Crippen LogP contribution in [0.25, 0.3) is 0 Å². The molecule has 8 heteroatoms. The quantitative estimate of drug-likeness (QED) is 0.741. The van der Waals surface area contributed by atoms with Gasteiger partial charge in [-0.2, -0.15) is 13.2 Å². The highest BCUT2D eigenvalue weighted by Gasteiger charge is 2.44. The normalized spacial score (nSPS) is 22.4. The van der Waals surface area contributed by atoms with Crippen LogP contribution in [0.4, 0.5) is 18.0 Å². The number of amides is 2. The standard InChI is InChI=1S/C13H21F3N2O3/c1-2-12(10(19)20)6-8-18(9-12)11(21)17-7-4-3-5-13(14,15)16/h2-9H2,1H3,(H,17,21)(H,19,20). The fourth-order valence-corrected chi connectivity index (χ4v) is 2.42. The van der Waals surface area contributed by atoms with Crippen LogP contribution in [0.2, 0.25) is 0 Å². The summed E-state index contributed by atoms with van der Waals surface area (Å²) in [5, 5.41) is 11.8. The van der Waals surface area contributed by atoms with Gasteiger partial charge in [-0.1, -0.05) is 6.92 Å². The van der Waals surface area contributed by atoms with Crippen LogP contribution in [0, 0.1) is 5.41 Å². The Morgan fingerprint density at radius 3 is 2.48 bits per heavy atom. The lowest BCUT2D eigenvalue weighted by Crippen LogP contribution is -2.41. The van der Waals surface area contributed by atoms with Crippen molar-refractivity contribution < 1.29 is 27.9 Å². The second-order valence-electron chi connectivity index (χ2n) is 5.41. The molecule has 5 nitrogen and oxygen atoms in total. The summed E-state index contributed by atoms with van der Waals surface area (Å²) in [4.78, 5) is 24.5. The lowest BCUT2D eigenvalue weighted by atomic mass is 9.84. The molecule has 1 rings (SSSR count). The molecule has 1 unspecified atom stereocenters. The Morgan fingerprint density at radius 2 is 2.00 bits per heavy atom. The number of nitrogens with one attached hydrogen (secondary N) is 1. The summed E-state index contributed by atoms with van der Waals surface area (Å²) in [7, 11) is 0. The van der Waals surface area contributed by atoms with Gasteiger partial charge >= 0.3 is 18.2 Å². The van der Waals surface area contributed by atoms with Gasteiger partial charge in [-0.25, -0.2) is 4.79 Å². The van der Waals surface area contributed by atoms with Gasteiger partial charge in [0.1, 0.15) is 0 Å². The average molecular weight is 310 g/mol. The van der Waals surface area contributed by atoms with E-state index in [1.807, 2.05) is 0 Å². The Labute approximate surface area is 121 Å². The van der Waals surface area contributed by atoms with Crippen LogP contribution in [-0.2, 0) is 4.79 Å². The van der Waals surface area contributed by atoms with E-state index in [1.54, 1.807) is 6.92 Å². The molecule has 2 N–H and O–H groups in total. The molecule has 0 aromatic heterocycles. The van der Waals surface area contributed by atoms with Crippen molar-refractivity contribution in [2.24, 2.45) is 5.41 Å². The molecule has 1 fully saturated rings. The van der Waals surface area contributed by atoms with Gasteiger partial charge in [-0.3, -0.25) is 4.79 Å². The van der Waals surface area contributed by atoms with E-state index < -0.39 is 30.0 Å². The summed E-state index contributed by atoms with van der Waals surface area (Å²) in [6.45, 7) is 2.44. The lowest BCUT2D eigenvalue weighted by molar-refractivity contribution is -0.148. The summed E-state index contributed by atoms with van der Waals surface area (Å²) in [5.74, 6) is -0.912. The van der Waals surface area contributed by atoms with Crippen molar-refractivity contribution in [1.82, 2.24) is 10.2 Å². The van der Waals surface area contributed by atoms with Gasteiger partial charge in [-0.05, 0) is 25.7 Å². The number of hydrogen-bond donors (Lipinski definition) is 2. The highest BCUT2D eigenvalue weighted by molar-refractivity contribution is 5.79. The number of rotatable bonds is 6. The van der Waals surface area contributed by atoms with E-state index in [2.05, 4.69) is 5.32 Å². The summed E-state index contributed by atoms with van der Waals surface area (Å²) < 4.78 is 35.8. The van der Waals surface area contributed by atoms with Crippen molar-refractivity contribution in [3.63, 3.8) is 0 Å². The molecule has 21 heavy (non-hydrogen) atoms. The molecule has 1 saturated heterocycles. The Morgan fingerprint density at radius 1 is 1.33 bits per heavy atom. The first-order valence-corrected chi connectivity index (χ1v) is 7.03. The smallest absolute Gasteiger partial charge is 0.389 e. The Bertz CT molecular complexity index is 387. The average Bonchev–Trinajstić information content (AvgIpc) is 2.82. The van der Waals surface area contributed by atoms with E-state index in [0.717, 1.165) is 0 Å². The second-order valence-corrected chi connectivity index (χ2v) is 5.41. The first kappa shape index (κ1) is 17.6. The number of carboxylic acid groups (broad SMARTS) is 1. The maximum absolute atomic E-state index is 11.9. The van der Waals surface area contributed by atoms with Crippen LogP contribution in [0.3, 0.4) is 0 Å². The molecular weight excluding hydrogens is 289 g/mol. The molecule has 122 valence electrons. The number of carbonyl (C=O) groups excluding carboxylic acids is 1. The first-order valence-electron chi connectivity index (χ1n) is 7.03. The van der Waals surface area contributed by atoms with Gasteiger partial charge in [0.25, 0.3) is 0 Å². The van der Waals surface area contributed by atoms with E-state index >= 15 is 0 Å². The van der Waals surface area contributed by atoms with E-state index in [9.17, 15) is 27.9 Å². The van der Waals surface area contributed by atoms with Gasteiger partial charge < -0.3 is 15.3 Å². The fraction of sp³-hybridized carbons (Fsp3) is 0.846. The number of hydrogen-bond acceptors (Lipinski definition) is 2.